The van der Waals surface area contributed by atoms with Gasteiger partial charge in [0.05, 0.1) is 0 Å². The number of aryl methyl sites for hydroxylation is 1. The standard InChI is InChI=1S/C19H16N2O5/c1-10-15-7-6-14(23)9-16(15)26-19(25)17(10)18(24)21-13-5-3-4-12(8-13)20-11(2)22/h3-9,23H,1-2H3,(H,20,22)(H,21,24). The number of anilines is 2. The first-order valence-electron chi connectivity index (χ1n) is 7.80. The molecule has 3 aromatic rings. The van der Waals surface area contributed by atoms with Crippen molar-refractivity contribution >= 4 is 34.2 Å². The molecule has 2 aromatic carbocycles. The maximum absolute atomic E-state index is 12.6. The van der Waals surface area contributed by atoms with Crippen molar-refractivity contribution in [1.29, 1.82) is 0 Å². The van der Waals surface area contributed by atoms with Gasteiger partial charge < -0.3 is 20.2 Å². The Morgan fingerprint density at radius 2 is 1.73 bits per heavy atom. The van der Waals surface area contributed by atoms with E-state index in [-0.39, 0.29) is 22.8 Å². The number of rotatable bonds is 3. The number of carbonyl (C=O) groups is 2. The molecule has 132 valence electrons. The van der Waals surface area contributed by atoms with E-state index < -0.39 is 11.5 Å². The van der Waals surface area contributed by atoms with E-state index in [9.17, 15) is 19.5 Å². The van der Waals surface area contributed by atoms with Crippen molar-refractivity contribution < 1.29 is 19.1 Å². The van der Waals surface area contributed by atoms with Crippen LogP contribution in [0.25, 0.3) is 11.0 Å². The third kappa shape index (κ3) is 3.41. The second-order valence-corrected chi connectivity index (χ2v) is 5.79. The van der Waals surface area contributed by atoms with Gasteiger partial charge in [-0.25, -0.2) is 4.79 Å². The lowest BCUT2D eigenvalue weighted by molar-refractivity contribution is -0.114. The Balaban J connectivity index is 1.97. The number of aromatic hydroxyl groups is 1. The maximum atomic E-state index is 12.6. The fourth-order valence-corrected chi connectivity index (χ4v) is 2.68. The largest absolute Gasteiger partial charge is 0.508 e. The van der Waals surface area contributed by atoms with E-state index >= 15 is 0 Å². The number of hydrogen-bond donors (Lipinski definition) is 3. The molecule has 7 nitrogen and oxygen atoms in total. The van der Waals surface area contributed by atoms with Gasteiger partial charge in [0.25, 0.3) is 5.91 Å². The molecule has 3 N–H and O–H groups in total. The highest BCUT2D eigenvalue weighted by atomic mass is 16.4. The summed E-state index contributed by atoms with van der Waals surface area (Å²) in [7, 11) is 0. The molecule has 1 aromatic heterocycles. The van der Waals surface area contributed by atoms with E-state index in [1.54, 1.807) is 37.3 Å². The van der Waals surface area contributed by atoms with Crippen LogP contribution in [-0.4, -0.2) is 16.9 Å². The predicted octanol–water partition coefficient (Wildman–Crippen LogP) is 3.02. The van der Waals surface area contributed by atoms with E-state index in [1.807, 2.05) is 0 Å². The Hall–Kier alpha value is -3.61. The van der Waals surface area contributed by atoms with Gasteiger partial charge in [-0.1, -0.05) is 6.07 Å². The van der Waals surface area contributed by atoms with Crippen LogP contribution in [-0.2, 0) is 4.79 Å². The van der Waals surface area contributed by atoms with E-state index in [2.05, 4.69) is 10.6 Å². The molecule has 26 heavy (non-hydrogen) atoms. The molecule has 0 saturated carbocycles. The first-order valence-corrected chi connectivity index (χ1v) is 7.80. The summed E-state index contributed by atoms with van der Waals surface area (Å²) < 4.78 is 5.16. The Bertz CT molecular complexity index is 1080. The van der Waals surface area contributed by atoms with E-state index in [1.165, 1.54) is 19.1 Å². The smallest absolute Gasteiger partial charge is 0.349 e. The molecule has 3 rings (SSSR count). The highest BCUT2D eigenvalue weighted by Gasteiger charge is 2.19. The molecule has 0 bridgehead atoms. The van der Waals surface area contributed by atoms with Crippen LogP contribution in [0.4, 0.5) is 11.4 Å². The topological polar surface area (TPSA) is 109 Å². The molecule has 0 radical (unpaired) electrons. The van der Waals surface area contributed by atoms with Crippen LogP contribution < -0.4 is 16.3 Å². The monoisotopic (exact) mass is 352 g/mol. The Morgan fingerprint density at radius 3 is 2.42 bits per heavy atom. The summed E-state index contributed by atoms with van der Waals surface area (Å²) in [6.45, 7) is 3.02. The third-order valence-corrected chi connectivity index (χ3v) is 3.82. The number of benzene rings is 2. The van der Waals surface area contributed by atoms with Crippen LogP contribution in [0.2, 0.25) is 0 Å². The molecule has 0 aliphatic carbocycles. The van der Waals surface area contributed by atoms with Crippen LogP contribution in [0.3, 0.4) is 0 Å². The summed E-state index contributed by atoms with van der Waals surface area (Å²) in [6.07, 6.45) is 0. The first-order chi connectivity index (χ1) is 12.3. The molecule has 0 aliphatic rings. The summed E-state index contributed by atoms with van der Waals surface area (Å²) in [5.74, 6) is -0.888. The molecular weight excluding hydrogens is 336 g/mol. The van der Waals surface area contributed by atoms with Crippen molar-refractivity contribution in [3.05, 3.63) is 64.0 Å². The van der Waals surface area contributed by atoms with E-state index in [0.29, 0.717) is 22.3 Å². The quantitative estimate of drug-likeness (QED) is 0.628. The van der Waals surface area contributed by atoms with Crippen LogP contribution in [0.15, 0.2) is 51.7 Å². The van der Waals surface area contributed by atoms with Gasteiger partial charge in [-0.3, -0.25) is 9.59 Å². The van der Waals surface area contributed by atoms with Gasteiger partial charge in [-0.15, -0.1) is 0 Å². The summed E-state index contributed by atoms with van der Waals surface area (Å²) >= 11 is 0. The Kier molecular flexibility index (Phi) is 4.45. The number of carbonyl (C=O) groups excluding carboxylic acids is 2. The number of nitrogens with one attached hydrogen (secondary N) is 2. The summed E-state index contributed by atoms with van der Waals surface area (Å²) in [4.78, 5) is 36.0. The number of amides is 2. The third-order valence-electron chi connectivity index (χ3n) is 3.82. The average molecular weight is 352 g/mol. The van der Waals surface area contributed by atoms with Crippen molar-refractivity contribution in [3.8, 4) is 5.75 Å². The summed E-state index contributed by atoms with van der Waals surface area (Å²) in [5.41, 5.74) is 0.687. The van der Waals surface area contributed by atoms with Gasteiger partial charge in [0.1, 0.15) is 16.9 Å². The molecule has 0 saturated heterocycles. The fourth-order valence-electron chi connectivity index (χ4n) is 2.68. The maximum Gasteiger partial charge on any atom is 0.349 e. The minimum Gasteiger partial charge on any atom is -0.508 e. The van der Waals surface area contributed by atoms with Crippen molar-refractivity contribution in [3.63, 3.8) is 0 Å². The summed E-state index contributed by atoms with van der Waals surface area (Å²) in [5, 5.41) is 15.3. The van der Waals surface area contributed by atoms with Gasteiger partial charge in [0.15, 0.2) is 0 Å². The van der Waals surface area contributed by atoms with Gasteiger partial charge in [0.2, 0.25) is 5.91 Å². The number of phenols is 1. The zero-order chi connectivity index (χ0) is 18.8. The predicted molar refractivity (Wildman–Crippen MR) is 97.6 cm³/mol. The normalized spacial score (nSPS) is 10.5. The average Bonchev–Trinajstić information content (AvgIpc) is 2.54. The molecule has 0 atom stereocenters. The molecule has 0 spiro atoms. The zero-order valence-corrected chi connectivity index (χ0v) is 14.1. The van der Waals surface area contributed by atoms with Crippen molar-refractivity contribution in [2.75, 3.05) is 10.6 Å². The van der Waals surface area contributed by atoms with Crippen molar-refractivity contribution in [2.24, 2.45) is 0 Å². The second-order valence-electron chi connectivity index (χ2n) is 5.79. The Labute approximate surface area is 148 Å². The summed E-state index contributed by atoms with van der Waals surface area (Å²) in [6, 6.07) is 10.9. The highest BCUT2D eigenvalue weighted by molar-refractivity contribution is 6.07. The minimum absolute atomic E-state index is 0.0352. The highest BCUT2D eigenvalue weighted by Crippen LogP contribution is 2.24. The Morgan fingerprint density at radius 1 is 1.04 bits per heavy atom. The van der Waals surface area contributed by atoms with E-state index in [0.717, 1.165) is 0 Å². The zero-order valence-electron chi connectivity index (χ0n) is 14.1. The lowest BCUT2D eigenvalue weighted by Gasteiger charge is -2.10. The van der Waals surface area contributed by atoms with E-state index in [4.69, 9.17) is 4.42 Å². The molecule has 0 fully saturated rings. The first kappa shape index (κ1) is 17.2. The van der Waals surface area contributed by atoms with Crippen LogP contribution >= 0.6 is 0 Å². The minimum atomic E-state index is -0.795. The molecular formula is C19H16N2O5. The van der Waals surface area contributed by atoms with Crippen LogP contribution in [0.5, 0.6) is 5.75 Å². The number of hydrogen-bond acceptors (Lipinski definition) is 5. The van der Waals surface area contributed by atoms with Crippen molar-refractivity contribution in [2.45, 2.75) is 13.8 Å². The SMILES string of the molecule is CC(=O)Nc1cccc(NC(=O)c2c(C)c3ccc(O)cc3oc2=O)c1. The molecule has 2 amide bonds. The molecule has 7 heteroatoms. The van der Waals surface area contributed by atoms with Gasteiger partial charge >= 0.3 is 5.63 Å². The lowest BCUT2D eigenvalue weighted by atomic mass is 10.1. The molecule has 1 heterocycles. The second kappa shape index (κ2) is 6.72. The van der Waals surface area contributed by atoms with Gasteiger partial charge in [-0.05, 0) is 42.8 Å². The van der Waals surface area contributed by atoms with Gasteiger partial charge in [0, 0.05) is 29.8 Å². The number of phenolic OH excluding ortho intramolecular Hbond substituents is 1. The van der Waals surface area contributed by atoms with Crippen LogP contribution in [0, 0.1) is 6.92 Å². The number of fused-ring (bicyclic) bond motifs is 1. The van der Waals surface area contributed by atoms with Crippen molar-refractivity contribution in [1.82, 2.24) is 0 Å². The van der Waals surface area contributed by atoms with Gasteiger partial charge in [-0.2, -0.15) is 0 Å². The fraction of sp³-hybridized carbons (Fsp3) is 0.105. The lowest BCUT2D eigenvalue weighted by Crippen LogP contribution is -2.22. The van der Waals surface area contributed by atoms with Crippen LogP contribution in [0.1, 0.15) is 22.8 Å². The molecule has 0 unspecified atom stereocenters. The molecule has 0 aliphatic heterocycles.